The van der Waals surface area contributed by atoms with Gasteiger partial charge in [0.25, 0.3) is 0 Å². The molecule has 0 heterocycles. The van der Waals surface area contributed by atoms with Crippen molar-refractivity contribution in [3.8, 4) is 0 Å². The Balaban J connectivity index is 2.92. The minimum absolute atomic E-state index is 0.185. The number of benzene rings is 1. The Hall–Kier alpha value is -0.410. The van der Waals surface area contributed by atoms with Crippen molar-refractivity contribution in [2.24, 2.45) is 0 Å². The van der Waals surface area contributed by atoms with Gasteiger partial charge in [-0.1, -0.05) is 6.92 Å². The average Bonchev–Trinajstić information content (AvgIpc) is 2.14. The molecule has 0 atom stereocenters. The Bertz CT molecular complexity index is 325. The summed E-state index contributed by atoms with van der Waals surface area (Å²) >= 11 is 3.17. The largest absolute Gasteiger partial charge is 0.302 e. The molecule has 1 aromatic carbocycles. The van der Waals surface area contributed by atoms with Crippen LogP contribution in [0, 0.1) is 12.7 Å². The van der Waals surface area contributed by atoms with Crippen LogP contribution in [0.1, 0.15) is 18.1 Å². The Morgan fingerprint density at radius 1 is 1.43 bits per heavy atom. The average molecular weight is 260 g/mol. The van der Waals surface area contributed by atoms with Crippen LogP contribution >= 0.6 is 15.9 Å². The topological polar surface area (TPSA) is 3.24 Å². The Kier molecular flexibility index (Phi) is 4.08. The van der Waals surface area contributed by atoms with E-state index in [0.29, 0.717) is 4.47 Å². The Morgan fingerprint density at radius 2 is 2.07 bits per heavy atom. The molecule has 0 saturated heterocycles. The van der Waals surface area contributed by atoms with E-state index in [9.17, 15) is 4.39 Å². The van der Waals surface area contributed by atoms with Crippen LogP contribution in [0.2, 0.25) is 0 Å². The van der Waals surface area contributed by atoms with Gasteiger partial charge >= 0.3 is 0 Å². The summed E-state index contributed by atoms with van der Waals surface area (Å²) in [6.45, 7) is 5.86. The molecule has 0 aromatic heterocycles. The van der Waals surface area contributed by atoms with Gasteiger partial charge in [-0.2, -0.15) is 0 Å². The van der Waals surface area contributed by atoms with E-state index in [2.05, 4.69) is 27.8 Å². The quantitative estimate of drug-likeness (QED) is 0.805. The number of hydrogen-bond donors (Lipinski definition) is 0. The standard InChI is InChI=1S/C11H15BrFN/c1-4-14(3)7-9-6-11(13)10(12)5-8(9)2/h5-6H,4,7H2,1-3H3. The molecule has 78 valence electrons. The number of halogens is 2. The molecular weight excluding hydrogens is 245 g/mol. The van der Waals surface area contributed by atoms with E-state index in [1.54, 1.807) is 6.07 Å². The van der Waals surface area contributed by atoms with Crippen molar-refractivity contribution in [3.63, 3.8) is 0 Å². The van der Waals surface area contributed by atoms with Crippen molar-refractivity contribution in [2.75, 3.05) is 13.6 Å². The lowest BCUT2D eigenvalue weighted by molar-refractivity contribution is 0.344. The Labute approximate surface area is 93.0 Å². The molecule has 0 spiro atoms. The zero-order valence-corrected chi connectivity index (χ0v) is 10.4. The first-order valence-corrected chi connectivity index (χ1v) is 5.47. The second kappa shape index (κ2) is 4.89. The monoisotopic (exact) mass is 259 g/mol. The van der Waals surface area contributed by atoms with Crippen molar-refractivity contribution in [1.29, 1.82) is 0 Å². The third kappa shape index (κ3) is 2.79. The first-order chi connectivity index (χ1) is 6.54. The highest BCUT2D eigenvalue weighted by molar-refractivity contribution is 9.10. The van der Waals surface area contributed by atoms with Gasteiger partial charge in [0.2, 0.25) is 0 Å². The van der Waals surface area contributed by atoms with Gasteiger partial charge in [-0.25, -0.2) is 4.39 Å². The molecule has 0 aliphatic heterocycles. The van der Waals surface area contributed by atoms with Crippen LogP contribution in [-0.2, 0) is 6.54 Å². The summed E-state index contributed by atoms with van der Waals surface area (Å²) in [6.07, 6.45) is 0. The van der Waals surface area contributed by atoms with Crippen LogP contribution in [0.15, 0.2) is 16.6 Å². The fourth-order valence-electron chi connectivity index (χ4n) is 1.26. The highest BCUT2D eigenvalue weighted by Crippen LogP contribution is 2.21. The van der Waals surface area contributed by atoms with E-state index in [4.69, 9.17) is 0 Å². The second-order valence-electron chi connectivity index (χ2n) is 3.52. The maximum atomic E-state index is 13.2. The molecule has 0 aliphatic rings. The summed E-state index contributed by atoms with van der Waals surface area (Å²) in [6, 6.07) is 3.43. The van der Waals surface area contributed by atoms with Crippen LogP contribution in [0.3, 0.4) is 0 Å². The predicted molar refractivity (Wildman–Crippen MR) is 60.8 cm³/mol. The molecule has 0 radical (unpaired) electrons. The highest BCUT2D eigenvalue weighted by atomic mass is 79.9. The van der Waals surface area contributed by atoms with Crippen molar-refractivity contribution >= 4 is 15.9 Å². The van der Waals surface area contributed by atoms with Crippen LogP contribution in [0.25, 0.3) is 0 Å². The van der Waals surface area contributed by atoms with E-state index >= 15 is 0 Å². The van der Waals surface area contributed by atoms with Crippen LogP contribution in [0.4, 0.5) is 4.39 Å². The molecule has 0 saturated carbocycles. The van der Waals surface area contributed by atoms with Crippen molar-refractivity contribution < 1.29 is 4.39 Å². The fourth-order valence-corrected chi connectivity index (χ4v) is 1.72. The van der Waals surface area contributed by atoms with Crippen LogP contribution in [0.5, 0.6) is 0 Å². The van der Waals surface area contributed by atoms with Gasteiger partial charge in [-0.3, -0.25) is 0 Å². The smallest absolute Gasteiger partial charge is 0.137 e. The molecule has 0 unspecified atom stereocenters. The molecule has 0 bridgehead atoms. The number of nitrogens with zero attached hydrogens (tertiary/aromatic N) is 1. The van der Waals surface area contributed by atoms with Crippen LogP contribution in [-0.4, -0.2) is 18.5 Å². The maximum absolute atomic E-state index is 13.2. The lowest BCUT2D eigenvalue weighted by Gasteiger charge is -2.15. The normalized spacial score (nSPS) is 11.0. The minimum Gasteiger partial charge on any atom is -0.302 e. The van der Waals surface area contributed by atoms with E-state index in [-0.39, 0.29) is 5.82 Å². The van der Waals surface area contributed by atoms with Gasteiger partial charge in [-0.15, -0.1) is 0 Å². The molecule has 1 nitrogen and oxygen atoms in total. The lowest BCUT2D eigenvalue weighted by atomic mass is 10.1. The van der Waals surface area contributed by atoms with E-state index < -0.39 is 0 Å². The maximum Gasteiger partial charge on any atom is 0.137 e. The first kappa shape index (κ1) is 11.7. The van der Waals surface area contributed by atoms with E-state index in [1.165, 1.54) is 0 Å². The van der Waals surface area contributed by atoms with Gasteiger partial charge in [0.05, 0.1) is 4.47 Å². The van der Waals surface area contributed by atoms with Gasteiger partial charge in [-0.05, 0) is 59.7 Å². The molecule has 0 N–H and O–H groups in total. The molecule has 1 aromatic rings. The zero-order valence-electron chi connectivity index (χ0n) is 8.77. The highest BCUT2D eigenvalue weighted by Gasteiger charge is 2.06. The third-order valence-corrected chi connectivity index (χ3v) is 2.97. The third-order valence-electron chi connectivity index (χ3n) is 2.36. The van der Waals surface area contributed by atoms with Crippen molar-refractivity contribution in [3.05, 3.63) is 33.5 Å². The predicted octanol–water partition coefficient (Wildman–Crippen LogP) is 3.35. The van der Waals surface area contributed by atoms with Crippen molar-refractivity contribution in [1.82, 2.24) is 4.90 Å². The van der Waals surface area contributed by atoms with Gasteiger partial charge in [0, 0.05) is 6.54 Å². The van der Waals surface area contributed by atoms with Crippen LogP contribution < -0.4 is 0 Å². The summed E-state index contributed by atoms with van der Waals surface area (Å²) in [5.74, 6) is -0.185. The number of rotatable bonds is 3. The summed E-state index contributed by atoms with van der Waals surface area (Å²) in [7, 11) is 2.03. The van der Waals surface area contributed by atoms with E-state index in [1.807, 2.05) is 20.0 Å². The molecule has 0 fully saturated rings. The summed E-state index contributed by atoms with van der Waals surface area (Å²) in [4.78, 5) is 2.15. The van der Waals surface area contributed by atoms with E-state index in [0.717, 1.165) is 24.2 Å². The molecule has 3 heteroatoms. The molecular formula is C11H15BrFN. The van der Waals surface area contributed by atoms with Gasteiger partial charge < -0.3 is 4.90 Å². The second-order valence-corrected chi connectivity index (χ2v) is 4.38. The molecule has 0 aliphatic carbocycles. The molecule has 1 rings (SSSR count). The minimum atomic E-state index is -0.185. The zero-order chi connectivity index (χ0) is 10.7. The summed E-state index contributed by atoms with van der Waals surface area (Å²) in [5, 5.41) is 0. The number of aryl methyl sites for hydroxylation is 1. The molecule has 0 amide bonds. The number of hydrogen-bond acceptors (Lipinski definition) is 1. The summed E-state index contributed by atoms with van der Waals surface area (Å²) < 4.78 is 13.8. The van der Waals surface area contributed by atoms with Crippen molar-refractivity contribution in [2.45, 2.75) is 20.4 Å². The van der Waals surface area contributed by atoms with Gasteiger partial charge in [0.1, 0.15) is 5.82 Å². The summed E-state index contributed by atoms with van der Waals surface area (Å²) in [5.41, 5.74) is 2.17. The van der Waals surface area contributed by atoms with Gasteiger partial charge in [0.15, 0.2) is 0 Å². The lowest BCUT2D eigenvalue weighted by Crippen LogP contribution is -2.17. The SMILES string of the molecule is CCN(C)Cc1cc(F)c(Br)cc1C. The molecule has 14 heavy (non-hydrogen) atoms. The Morgan fingerprint density at radius 3 is 2.64 bits per heavy atom. The first-order valence-electron chi connectivity index (χ1n) is 4.67. The fraction of sp³-hybridized carbons (Fsp3) is 0.455.